The molecule has 1 nitrogen and oxygen atoms in total. The maximum atomic E-state index is 5.83. The number of hydrogen-bond donors (Lipinski definition) is 1. The number of hydrogen-bond acceptors (Lipinski definition) is 2. The summed E-state index contributed by atoms with van der Waals surface area (Å²) in [6, 6.07) is 6.64. The van der Waals surface area contributed by atoms with Gasteiger partial charge in [-0.05, 0) is 47.6 Å². The normalized spacial score (nSPS) is 12.8. The maximum absolute atomic E-state index is 5.83. The summed E-state index contributed by atoms with van der Waals surface area (Å²) < 4.78 is 5.83. The summed E-state index contributed by atoms with van der Waals surface area (Å²) in [5.41, 5.74) is 2.73. The van der Waals surface area contributed by atoms with Gasteiger partial charge in [0.25, 0.3) is 0 Å². The van der Waals surface area contributed by atoms with Crippen molar-refractivity contribution in [1.29, 1.82) is 0 Å². The van der Waals surface area contributed by atoms with Crippen LogP contribution in [0.25, 0.3) is 0 Å². The van der Waals surface area contributed by atoms with E-state index >= 15 is 0 Å². The third-order valence-electron chi connectivity index (χ3n) is 3.25. The molecular formula is C16H26OS. The summed E-state index contributed by atoms with van der Waals surface area (Å²) in [7, 11) is 0. The Morgan fingerprint density at radius 3 is 2.50 bits per heavy atom. The minimum atomic E-state index is 0.500. The lowest BCUT2D eigenvalue weighted by Crippen LogP contribution is -2.03. The van der Waals surface area contributed by atoms with Crippen LogP contribution in [0.1, 0.15) is 63.5 Å². The van der Waals surface area contributed by atoms with Gasteiger partial charge in [-0.15, -0.1) is 0 Å². The molecule has 0 amide bonds. The molecule has 0 aromatic heterocycles. The van der Waals surface area contributed by atoms with Gasteiger partial charge in [-0.3, -0.25) is 0 Å². The number of ether oxygens (including phenoxy) is 1. The first-order chi connectivity index (χ1) is 8.60. The van der Waals surface area contributed by atoms with Gasteiger partial charge in [-0.1, -0.05) is 39.8 Å². The summed E-state index contributed by atoms with van der Waals surface area (Å²) in [6.45, 7) is 9.65. The SMILES string of the molecule is CCCOc1ccc(C(C)CCS)cc1C(C)C. The molecule has 0 radical (unpaired) electrons. The zero-order chi connectivity index (χ0) is 13.5. The Kier molecular flexibility index (Phi) is 6.62. The van der Waals surface area contributed by atoms with E-state index in [9.17, 15) is 0 Å². The lowest BCUT2D eigenvalue weighted by Gasteiger charge is -2.18. The van der Waals surface area contributed by atoms with E-state index in [0.29, 0.717) is 11.8 Å². The van der Waals surface area contributed by atoms with E-state index in [1.165, 1.54) is 11.1 Å². The van der Waals surface area contributed by atoms with Crippen LogP contribution in [-0.2, 0) is 0 Å². The van der Waals surface area contributed by atoms with Crippen LogP contribution in [-0.4, -0.2) is 12.4 Å². The van der Waals surface area contributed by atoms with Crippen molar-refractivity contribution in [3.63, 3.8) is 0 Å². The van der Waals surface area contributed by atoms with Crippen molar-refractivity contribution in [2.24, 2.45) is 0 Å². The molecule has 0 saturated heterocycles. The zero-order valence-corrected chi connectivity index (χ0v) is 13.0. The lowest BCUT2D eigenvalue weighted by atomic mass is 9.93. The van der Waals surface area contributed by atoms with Crippen molar-refractivity contribution in [2.45, 2.75) is 52.4 Å². The number of rotatable bonds is 7. The largest absolute Gasteiger partial charge is 0.493 e. The van der Waals surface area contributed by atoms with E-state index in [1.54, 1.807) is 0 Å². The second kappa shape index (κ2) is 7.73. The summed E-state index contributed by atoms with van der Waals surface area (Å²) >= 11 is 4.32. The van der Waals surface area contributed by atoms with Crippen LogP contribution in [0.5, 0.6) is 5.75 Å². The van der Waals surface area contributed by atoms with Crippen LogP contribution < -0.4 is 4.74 Å². The average molecular weight is 266 g/mol. The molecule has 0 saturated carbocycles. The molecule has 18 heavy (non-hydrogen) atoms. The minimum absolute atomic E-state index is 0.500. The van der Waals surface area contributed by atoms with Gasteiger partial charge in [0.15, 0.2) is 0 Å². The van der Waals surface area contributed by atoms with Crippen LogP contribution in [0, 0.1) is 0 Å². The molecule has 0 aliphatic heterocycles. The monoisotopic (exact) mass is 266 g/mol. The minimum Gasteiger partial charge on any atom is -0.493 e. The number of thiol groups is 1. The third-order valence-corrected chi connectivity index (χ3v) is 3.51. The summed E-state index contributed by atoms with van der Waals surface area (Å²) in [5, 5.41) is 0. The van der Waals surface area contributed by atoms with E-state index in [1.807, 2.05) is 0 Å². The highest BCUT2D eigenvalue weighted by Gasteiger charge is 2.12. The molecular weight excluding hydrogens is 240 g/mol. The van der Waals surface area contributed by atoms with Crippen molar-refractivity contribution >= 4 is 12.6 Å². The molecule has 1 rings (SSSR count). The second-order valence-electron chi connectivity index (χ2n) is 5.21. The molecule has 0 spiro atoms. The van der Waals surface area contributed by atoms with Crippen LogP contribution >= 0.6 is 12.6 Å². The first kappa shape index (κ1) is 15.4. The molecule has 2 heteroatoms. The first-order valence-corrected chi connectivity index (χ1v) is 7.60. The Hall–Kier alpha value is -0.630. The summed E-state index contributed by atoms with van der Waals surface area (Å²) in [4.78, 5) is 0. The summed E-state index contributed by atoms with van der Waals surface area (Å²) in [6.07, 6.45) is 2.17. The van der Waals surface area contributed by atoms with Crippen LogP contribution in [0.2, 0.25) is 0 Å². The van der Waals surface area contributed by atoms with Gasteiger partial charge < -0.3 is 4.74 Å². The highest BCUT2D eigenvalue weighted by Crippen LogP contribution is 2.31. The molecule has 0 heterocycles. The molecule has 0 fully saturated rings. The average Bonchev–Trinajstić information content (AvgIpc) is 2.36. The molecule has 1 aromatic rings. The third kappa shape index (κ3) is 4.24. The van der Waals surface area contributed by atoms with Gasteiger partial charge >= 0.3 is 0 Å². The van der Waals surface area contributed by atoms with E-state index in [4.69, 9.17) is 4.74 Å². The van der Waals surface area contributed by atoms with Crippen molar-refractivity contribution in [3.05, 3.63) is 29.3 Å². The van der Waals surface area contributed by atoms with Crippen molar-refractivity contribution in [1.82, 2.24) is 0 Å². The Balaban J connectivity index is 2.95. The Bertz CT molecular complexity index is 360. The van der Waals surface area contributed by atoms with Crippen LogP contribution in [0.15, 0.2) is 18.2 Å². The Morgan fingerprint density at radius 1 is 1.22 bits per heavy atom. The predicted octanol–water partition coefficient (Wildman–Crippen LogP) is 5.02. The quantitative estimate of drug-likeness (QED) is 0.682. The zero-order valence-electron chi connectivity index (χ0n) is 12.1. The molecule has 1 aromatic carbocycles. The van der Waals surface area contributed by atoms with E-state index < -0.39 is 0 Å². The fourth-order valence-corrected chi connectivity index (χ4v) is 2.42. The topological polar surface area (TPSA) is 9.23 Å². The fraction of sp³-hybridized carbons (Fsp3) is 0.625. The molecule has 0 aliphatic rings. The van der Waals surface area contributed by atoms with Crippen LogP contribution in [0.4, 0.5) is 0 Å². The van der Waals surface area contributed by atoms with Crippen molar-refractivity contribution in [3.8, 4) is 5.75 Å². The molecule has 0 aliphatic carbocycles. The molecule has 102 valence electrons. The van der Waals surface area contributed by atoms with Crippen molar-refractivity contribution in [2.75, 3.05) is 12.4 Å². The van der Waals surface area contributed by atoms with Gasteiger partial charge in [0.2, 0.25) is 0 Å². The van der Waals surface area contributed by atoms with Gasteiger partial charge in [-0.2, -0.15) is 12.6 Å². The number of benzene rings is 1. The van der Waals surface area contributed by atoms with Gasteiger partial charge in [0.1, 0.15) is 5.75 Å². The second-order valence-corrected chi connectivity index (χ2v) is 5.66. The van der Waals surface area contributed by atoms with Gasteiger partial charge in [-0.25, -0.2) is 0 Å². The van der Waals surface area contributed by atoms with Gasteiger partial charge in [0.05, 0.1) is 6.61 Å². The maximum Gasteiger partial charge on any atom is 0.122 e. The highest BCUT2D eigenvalue weighted by molar-refractivity contribution is 7.80. The lowest BCUT2D eigenvalue weighted by molar-refractivity contribution is 0.313. The van der Waals surface area contributed by atoms with Crippen LogP contribution in [0.3, 0.4) is 0 Å². The molecule has 0 N–H and O–H groups in total. The molecule has 1 unspecified atom stereocenters. The first-order valence-electron chi connectivity index (χ1n) is 6.97. The Labute approximate surface area is 117 Å². The fourth-order valence-electron chi connectivity index (χ4n) is 2.03. The Morgan fingerprint density at radius 2 is 1.94 bits per heavy atom. The molecule has 0 bridgehead atoms. The molecule has 1 atom stereocenters. The van der Waals surface area contributed by atoms with Gasteiger partial charge in [0, 0.05) is 0 Å². The van der Waals surface area contributed by atoms with E-state index in [-0.39, 0.29) is 0 Å². The van der Waals surface area contributed by atoms with E-state index in [2.05, 4.69) is 58.5 Å². The highest BCUT2D eigenvalue weighted by atomic mass is 32.1. The van der Waals surface area contributed by atoms with E-state index in [0.717, 1.165) is 31.0 Å². The standard InChI is InChI=1S/C16H26OS/c1-5-9-17-16-7-6-14(13(4)8-10-18)11-15(16)12(2)3/h6-7,11-13,18H,5,8-10H2,1-4H3. The van der Waals surface area contributed by atoms with Crippen molar-refractivity contribution < 1.29 is 4.74 Å². The summed E-state index contributed by atoms with van der Waals surface area (Å²) in [5.74, 6) is 3.06. The predicted molar refractivity (Wildman–Crippen MR) is 83.2 cm³/mol. The smallest absolute Gasteiger partial charge is 0.122 e.